The van der Waals surface area contributed by atoms with Crippen LogP contribution in [0.4, 0.5) is 22.7 Å². The third kappa shape index (κ3) is 5.61. The molecule has 128 valence electrons. The standard InChI is InChI=1S/C14H11F4N3O2S/c15-9-3-1-8(2-4-9)12(23)21-13-20-10(6-24-13)5-11(22)19-7-14(16,17)18/h1-4,6H,5,7H2,(H,19,22)(H,20,21,23). The largest absolute Gasteiger partial charge is 0.405 e. The Morgan fingerprint density at radius 3 is 2.46 bits per heavy atom. The molecule has 0 unspecified atom stereocenters. The Bertz CT molecular complexity index is 728. The fraction of sp³-hybridized carbons (Fsp3) is 0.214. The van der Waals surface area contributed by atoms with E-state index in [2.05, 4.69) is 10.3 Å². The van der Waals surface area contributed by atoms with Crippen molar-refractivity contribution in [2.45, 2.75) is 12.6 Å². The van der Waals surface area contributed by atoms with Gasteiger partial charge in [-0.25, -0.2) is 9.37 Å². The Labute approximate surface area is 137 Å². The van der Waals surface area contributed by atoms with E-state index in [9.17, 15) is 27.2 Å². The average molecular weight is 361 g/mol. The number of aromatic nitrogens is 1. The highest BCUT2D eigenvalue weighted by molar-refractivity contribution is 7.14. The lowest BCUT2D eigenvalue weighted by Crippen LogP contribution is -2.34. The molecule has 0 aliphatic rings. The normalized spacial score (nSPS) is 11.2. The van der Waals surface area contributed by atoms with E-state index in [1.54, 1.807) is 5.32 Å². The maximum Gasteiger partial charge on any atom is 0.405 e. The summed E-state index contributed by atoms with van der Waals surface area (Å²) >= 11 is 1.02. The van der Waals surface area contributed by atoms with E-state index in [1.807, 2.05) is 0 Å². The Hall–Kier alpha value is -2.49. The number of carbonyl (C=O) groups is 2. The van der Waals surface area contributed by atoms with E-state index in [-0.39, 0.29) is 22.8 Å². The van der Waals surface area contributed by atoms with Crippen LogP contribution in [0.25, 0.3) is 0 Å². The Morgan fingerprint density at radius 1 is 1.17 bits per heavy atom. The number of benzene rings is 1. The lowest BCUT2D eigenvalue weighted by atomic mass is 10.2. The van der Waals surface area contributed by atoms with E-state index in [0.717, 1.165) is 23.5 Å². The van der Waals surface area contributed by atoms with Gasteiger partial charge in [0, 0.05) is 10.9 Å². The monoisotopic (exact) mass is 361 g/mol. The molecule has 0 saturated carbocycles. The lowest BCUT2D eigenvalue weighted by Gasteiger charge is -2.07. The maximum absolute atomic E-state index is 12.8. The summed E-state index contributed by atoms with van der Waals surface area (Å²) in [7, 11) is 0. The number of nitrogens with one attached hydrogen (secondary N) is 2. The number of anilines is 1. The fourth-order valence-electron chi connectivity index (χ4n) is 1.64. The minimum absolute atomic E-state index is 0.183. The van der Waals surface area contributed by atoms with Gasteiger partial charge in [-0.05, 0) is 24.3 Å². The summed E-state index contributed by atoms with van der Waals surface area (Å²) in [6.07, 6.45) is -4.81. The van der Waals surface area contributed by atoms with Crippen LogP contribution in [0.5, 0.6) is 0 Å². The van der Waals surface area contributed by atoms with Gasteiger partial charge in [-0.1, -0.05) is 0 Å². The minimum Gasteiger partial charge on any atom is -0.347 e. The first-order chi connectivity index (χ1) is 11.2. The van der Waals surface area contributed by atoms with Crippen molar-refractivity contribution < 1.29 is 27.2 Å². The molecule has 10 heteroatoms. The van der Waals surface area contributed by atoms with Crippen molar-refractivity contribution in [2.24, 2.45) is 0 Å². The van der Waals surface area contributed by atoms with Gasteiger partial charge in [-0.2, -0.15) is 13.2 Å². The molecular formula is C14H11F4N3O2S. The van der Waals surface area contributed by atoms with Crippen LogP contribution in [0.1, 0.15) is 16.1 Å². The molecule has 0 bridgehead atoms. The minimum atomic E-state index is -4.48. The first-order valence-corrected chi connectivity index (χ1v) is 7.46. The first kappa shape index (κ1) is 17.9. The second kappa shape index (κ2) is 7.39. The van der Waals surface area contributed by atoms with Gasteiger partial charge in [0.05, 0.1) is 12.1 Å². The van der Waals surface area contributed by atoms with Gasteiger partial charge in [0.2, 0.25) is 5.91 Å². The van der Waals surface area contributed by atoms with E-state index < -0.39 is 30.4 Å². The molecule has 5 nitrogen and oxygen atoms in total. The fourth-order valence-corrected chi connectivity index (χ4v) is 2.35. The van der Waals surface area contributed by atoms with Crippen LogP contribution < -0.4 is 10.6 Å². The van der Waals surface area contributed by atoms with E-state index in [0.29, 0.717) is 0 Å². The third-order valence-electron chi connectivity index (χ3n) is 2.71. The van der Waals surface area contributed by atoms with Gasteiger partial charge in [-0.3, -0.25) is 14.9 Å². The summed E-state index contributed by atoms with van der Waals surface area (Å²) in [6, 6.07) is 4.86. The lowest BCUT2D eigenvalue weighted by molar-refractivity contribution is -0.138. The quantitative estimate of drug-likeness (QED) is 0.805. The zero-order valence-corrected chi connectivity index (χ0v) is 12.8. The summed E-state index contributed by atoms with van der Waals surface area (Å²) in [6.45, 7) is -1.41. The van der Waals surface area contributed by atoms with Crippen LogP contribution in [0.15, 0.2) is 29.6 Å². The predicted octanol–water partition coefficient (Wildman–Crippen LogP) is 2.76. The van der Waals surface area contributed by atoms with Crippen molar-refractivity contribution in [3.05, 3.63) is 46.7 Å². The van der Waals surface area contributed by atoms with Gasteiger partial charge in [0.15, 0.2) is 5.13 Å². The second-order valence-electron chi connectivity index (χ2n) is 4.67. The highest BCUT2D eigenvalue weighted by Gasteiger charge is 2.27. The predicted molar refractivity (Wildman–Crippen MR) is 79.2 cm³/mol. The van der Waals surface area contributed by atoms with Gasteiger partial charge < -0.3 is 5.32 Å². The molecule has 0 aliphatic carbocycles. The Morgan fingerprint density at radius 2 is 1.83 bits per heavy atom. The van der Waals surface area contributed by atoms with E-state index >= 15 is 0 Å². The summed E-state index contributed by atoms with van der Waals surface area (Å²) in [5.41, 5.74) is 0.449. The number of halogens is 4. The van der Waals surface area contributed by atoms with Crippen LogP contribution in [0, 0.1) is 5.82 Å². The molecule has 1 heterocycles. The Balaban J connectivity index is 1.89. The van der Waals surface area contributed by atoms with Crippen LogP contribution in [-0.4, -0.2) is 29.5 Å². The topological polar surface area (TPSA) is 71.1 Å². The molecule has 0 atom stereocenters. The maximum atomic E-state index is 12.8. The number of hydrogen-bond donors (Lipinski definition) is 2. The third-order valence-corrected chi connectivity index (χ3v) is 3.51. The molecule has 2 amide bonds. The molecule has 0 aliphatic heterocycles. The molecule has 2 N–H and O–H groups in total. The van der Waals surface area contributed by atoms with Gasteiger partial charge in [0.1, 0.15) is 12.4 Å². The van der Waals surface area contributed by atoms with Crippen molar-refractivity contribution in [1.29, 1.82) is 0 Å². The first-order valence-electron chi connectivity index (χ1n) is 6.58. The van der Waals surface area contributed by atoms with Crippen molar-refractivity contribution in [2.75, 3.05) is 11.9 Å². The van der Waals surface area contributed by atoms with Gasteiger partial charge >= 0.3 is 6.18 Å². The van der Waals surface area contributed by atoms with Crippen molar-refractivity contribution >= 4 is 28.3 Å². The van der Waals surface area contributed by atoms with Crippen molar-refractivity contribution in [1.82, 2.24) is 10.3 Å². The van der Waals surface area contributed by atoms with Crippen molar-refractivity contribution in [3.8, 4) is 0 Å². The van der Waals surface area contributed by atoms with E-state index in [4.69, 9.17) is 0 Å². The number of amides is 2. The molecule has 0 spiro atoms. The Kier molecular flexibility index (Phi) is 5.50. The molecule has 2 rings (SSSR count). The highest BCUT2D eigenvalue weighted by Crippen LogP contribution is 2.17. The molecular weight excluding hydrogens is 350 g/mol. The van der Waals surface area contributed by atoms with Crippen LogP contribution in [0.2, 0.25) is 0 Å². The summed E-state index contributed by atoms with van der Waals surface area (Å²) in [5, 5.41) is 5.83. The van der Waals surface area contributed by atoms with Crippen molar-refractivity contribution in [3.63, 3.8) is 0 Å². The van der Waals surface area contributed by atoms with E-state index in [1.165, 1.54) is 17.5 Å². The molecule has 0 saturated heterocycles. The zero-order valence-electron chi connectivity index (χ0n) is 12.0. The molecule has 0 radical (unpaired) electrons. The number of thiazole rings is 1. The summed E-state index contributed by atoms with van der Waals surface area (Å²) in [5.74, 6) is -1.82. The van der Waals surface area contributed by atoms with Crippen LogP contribution >= 0.6 is 11.3 Å². The summed E-state index contributed by atoms with van der Waals surface area (Å²) in [4.78, 5) is 27.2. The second-order valence-corrected chi connectivity index (χ2v) is 5.53. The van der Waals surface area contributed by atoms with Crippen LogP contribution in [-0.2, 0) is 11.2 Å². The number of nitrogens with zero attached hydrogens (tertiary/aromatic N) is 1. The molecule has 2 aromatic rings. The molecule has 1 aromatic carbocycles. The number of hydrogen-bond acceptors (Lipinski definition) is 4. The SMILES string of the molecule is O=C(Cc1csc(NC(=O)c2ccc(F)cc2)n1)NCC(F)(F)F. The molecule has 1 aromatic heterocycles. The zero-order chi connectivity index (χ0) is 17.7. The van der Waals surface area contributed by atoms with Gasteiger partial charge in [-0.15, -0.1) is 11.3 Å². The number of carbonyl (C=O) groups excluding carboxylic acids is 2. The highest BCUT2D eigenvalue weighted by atomic mass is 32.1. The average Bonchev–Trinajstić information content (AvgIpc) is 2.92. The van der Waals surface area contributed by atoms with Crippen LogP contribution in [0.3, 0.4) is 0 Å². The number of rotatable bonds is 5. The summed E-state index contributed by atoms with van der Waals surface area (Å²) < 4.78 is 48.8. The molecule has 24 heavy (non-hydrogen) atoms. The van der Waals surface area contributed by atoms with Gasteiger partial charge in [0.25, 0.3) is 5.91 Å². The molecule has 0 fully saturated rings. The smallest absolute Gasteiger partial charge is 0.347 e. The number of alkyl halides is 3.